The Morgan fingerprint density at radius 2 is 1.27 bits per heavy atom. The number of carbonyl (C=O) groups excluding carboxylic acids is 1. The molecule has 0 aliphatic heterocycles. The van der Waals surface area contributed by atoms with Crippen LogP contribution < -0.4 is 5.32 Å². The van der Waals surface area contributed by atoms with Crippen molar-refractivity contribution in [2.75, 3.05) is 0 Å². The second kappa shape index (κ2) is 7.92. The maximum absolute atomic E-state index is 13.0. The number of nitrogens with one attached hydrogen (secondary N) is 1. The molecule has 0 atom stereocenters. The zero-order chi connectivity index (χ0) is 18.6. The molecule has 3 aromatic rings. The van der Waals surface area contributed by atoms with E-state index >= 15 is 0 Å². The molecule has 0 saturated carbocycles. The van der Waals surface area contributed by atoms with Gasteiger partial charge in [-0.1, -0.05) is 77.8 Å². The van der Waals surface area contributed by atoms with Crippen molar-refractivity contribution in [3.63, 3.8) is 0 Å². The van der Waals surface area contributed by atoms with Gasteiger partial charge in [-0.15, -0.1) is 0 Å². The van der Waals surface area contributed by atoms with E-state index in [1.165, 1.54) is 0 Å². The van der Waals surface area contributed by atoms with Crippen molar-refractivity contribution >= 4 is 29.1 Å². The fourth-order valence-electron chi connectivity index (χ4n) is 2.72. The molecule has 0 aliphatic rings. The summed E-state index contributed by atoms with van der Waals surface area (Å²) in [6.45, 7) is 0.309. The minimum Gasteiger partial charge on any atom is -0.372 e. The maximum Gasteiger partial charge on any atom is 0.261 e. The maximum atomic E-state index is 13.0. The van der Waals surface area contributed by atoms with E-state index in [1.807, 2.05) is 30.3 Å². The fourth-order valence-corrected chi connectivity index (χ4v) is 2.97. The van der Waals surface area contributed by atoms with Crippen LogP contribution in [0.25, 0.3) is 0 Å². The third-order valence-electron chi connectivity index (χ3n) is 4.15. The summed E-state index contributed by atoms with van der Waals surface area (Å²) in [6, 6.07) is 22.6. The van der Waals surface area contributed by atoms with E-state index in [0.717, 1.165) is 5.56 Å². The molecule has 0 aliphatic carbocycles. The summed E-state index contributed by atoms with van der Waals surface area (Å²) in [4.78, 5) is 13.0. The highest BCUT2D eigenvalue weighted by Gasteiger charge is 2.39. The van der Waals surface area contributed by atoms with E-state index in [-0.39, 0.29) is 0 Å². The summed E-state index contributed by atoms with van der Waals surface area (Å²) >= 11 is 11.9. The van der Waals surface area contributed by atoms with Gasteiger partial charge in [0.15, 0.2) is 5.60 Å². The Kier molecular flexibility index (Phi) is 5.62. The molecule has 26 heavy (non-hydrogen) atoms. The van der Waals surface area contributed by atoms with Gasteiger partial charge in [0.1, 0.15) is 0 Å². The molecular weight excluding hydrogens is 369 g/mol. The Morgan fingerprint density at radius 1 is 0.808 bits per heavy atom. The van der Waals surface area contributed by atoms with Crippen LogP contribution in [0.2, 0.25) is 10.0 Å². The molecule has 0 radical (unpaired) electrons. The van der Waals surface area contributed by atoms with Gasteiger partial charge in [0.25, 0.3) is 5.91 Å². The SMILES string of the molecule is O=C(NCc1ccccc1)C(O)(c1ccc(Cl)cc1)c1ccc(Cl)cc1. The van der Waals surface area contributed by atoms with E-state index in [9.17, 15) is 9.90 Å². The van der Waals surface area contributed by atoms with E-state index in [0.29, 0.717) is 27.7 Å². The second-order valence-electron chi connectivity index (χ2n) is 5.89. The average molecular weight is 386 g/mol. The fraction of sp³-hybridized carbons (Fsp3) is 0.0952. The number of carbonyl (C=O) groups is 1. The van der Waals surface area contributed by atoms with Crippen molar-refractivity contribution in [2.24, 2.45) is 0 Å². The van der Waals surface area contributed by atoms with Gasteiger partial charge in [-0.3, -0.25) is 4.79 Å². The third-order valence-corrected chi connectivity index (χ3v) is 4.65. The van der Waals surface area contributed by atoms with Gasteiger partial charge in [0.2, 0.25) is 0 Å². The molecule has 1 amide bonds. The summed E-state index contributed by atoms with van der Waals surface area (Å²) in [5.41, 5.74) is -0.0655. The third kappa shape index (κ3) is 3.91. The molecular formula is C21H17Cl2NO2. The number of rotatable bonds is 5. The molecule has 0 fully saturated rings. The first-order valence-corrected chi connectivity index (χ1v) is 8.82. The van der Waals surface area contributed by atoms with Crippen molar-refractivity contribution in [2.45, 2.75) is 12.1 Å². The van der Waals surface area contributed by atoms with Gasteiger partial charge in [-0.25, -0.2) is 0 Å². The van der Waals surface area contributed by atoms with E-state index in [4.69, 9.17) is 23.2 Å². The van der Waals surface area contributed by atoms with Crippen LogP contribution in [-0.2, 0) is 16.9 Å². The molecule has 0 spiro atoms. The van der Waals surface area contributed by atoms with Crippen LogP contribution in [0, 0.1) is 0 Å². The van der Waals surface area contributed by atoms with E-state index in [2.05, 4.69) is 5.32 Å². The van der Waals surface area contributed by atoms with Crippen molar-refractivity contribution in [3.8, 4) is 0 Å². The Morgan fingerprint density at radius 3 is 1.73 bits per heavy atom. The second-order valence-corrected chi connectivity index (χ2v) is 6.77. The van der Waals surface area contributed by atoms with Crippen LogP contribution in [0.4, 0.5) is 0 Å². The molecule has 5 heteroatoms. The lowest BCUT2D eigenvalue weighted by Crippen LogP contribution is -2.45. The minimum atomic E-state index is -1.86. The molecule has 0 bridgehead atoms. The molecule has 0 heterocycles. The summed E-state index contributed by atoms with van der Waals surface area (Å²) < 4.78 is 0. The Bertz CT molecular complexity index is 833. The van der Waals surface area contributed by atoms with Gasteiger partial charge in [-0.2, -0.15) is 0 Å². The number of benzene rings is 3. The largest absolute Gasteiger partial charge is 0.372 e. The number of amides is 1. The van der Waals surface area contributed by atoms with Gasteiger partial charge in [-0.05, 0) is 41.0 Å². The zero-order valence-electron chi connectivity index (χ0n) is 13.8. The molecule has 0 unspecified atom stereocenters. The number of hydrogen-bond donors (Lipinski definition) is 2. The van der Waals surface area contributed by atoms with E-state index in [1.54, 1.807) is 48.5 Å². The predicted molar refractivity (Wildman–Crippen MR) is 104 cm³/mol. The zero-order valence-corrected chi connectivity index (χ0v) is 15.3. The normalized spacial score (nSPS) is 11.2. The van der Waals surface area contributed by atoms with E-state index < -0.39 is 11.5 Å². The summed E-state index contributed by atoms with van der Waals surface area (Å²) in [7, 11) is 0. The molecule has 0 aromatic heterocycles. The van der Waals surface area contributed by atoms with Crippen LogP contribution in [-0.4, -0.2) is 11.0 Å². The lowest BCUT2D eigenvalue weighted by Gasteiger charge is -2.28. The smallest absolute Gasteiger partial charge is 0.261 e. The Hall–Kier alpha value is -2.33. The molecule has 3 aromatic carbocycles. The van der Waals surface area contributed by atoms with Crippen molar-refractivity contribution < 1.29 is 9.90 Å². The molecule has 2 N–H and O–H groups in total. The van der Waals surface area contributed by atoms with Crippen LogP contribution >= 0.6 is 23.2 Å². The van der Waals surface area contributed by atoms with Crippen LogP contribution in [0.5, 0.6) is 0 Å². The minimum absolute atomic E-state index is 0.309. The summed E-state index contributed by atoms with van der Waals surface area (Å²) in [5, 5.41) is 15.2. The summed E-state index contributed by atoms with van der Waals surface area (Å²) in [5.74, 6) is -0.522. The van der Waals surface area contributed by atoms with Crippen LogP contribution in [0.15, 0.2) is 78.9 Å². The van der Waals surface area contributed by atoms with Crippen molar-refractivity contribution in [1.82, 2.24) is 5.32 Å². The highest BCUT2D eigenvalue weighted by Crippen LogP contribution is 2.31. The first-order valence-electron chi connectivity index (χ1n) is 8.07. The Labute approximate surface area is 162 Å². The molecule has 132 valence electrons. The van der Waals surface area contributed by atoms with Gasteiger partial charge in [0.05, 0.1) is 0 Å². The number of halogens is 2. The molecule has 3 rings (SSSR count). The summed E-state index contributed by atoms with van der Waals surface area (Å²) in [6.07, 6.45) is 0. The molecule has 3 nitrogen and oxygen atoms in total. The van der Waals surface area contributed by atoms with Crippen LogP contribution in [0.3, 0.4) is 0 Å². The standard InChI is InChI=1S/C21H17Cl2NO2/c22-18-10-6-16(7-11-18)21(26,17-8-12-19(23)13-9-17)20(25)24-14-15-4-2-1-3-5-15/h1-13,26H,14H2,(H,24,25). The number of hydrogen-bond acceptors (Lipinski definition) is 2. The Balaban J connectivity index is 1.95. The first-order chi connectivity index (χ1) is 12.5. The highest BCUT2D eigenvalue weighted by molar-refractivity contribution is 6.30. The first kappa shape index (κ1) is 18.5. The van der Waals surface area contributed by atoms with Gasteiger partial charge < -0.3 is 10.4 Å². The monoisotopic (exact) mass is 385 g/mol. The van der Waals surface area contributed by atoms with Crippen molar-refractivity contribution in [1.29, 1.82) is 0 Å². The quantitative estimate of drug-likeness (QED) is 0.676. The highest BCUT2D eigenvalue weighted by atomic mass is 35.5. The van der Waals surface area contributed by atoms with Crippen molar-refractivity contribution in [3.05, 3.63) is 106 Å². The lowest BCUT2D eigenvalue weighted by molar-refractivity contribution is -0.136. The van der Waals surface area contributed by atoms with Crippen LogP contribution in [0.1, 0.15) is 16.7 Å². The predicted octanol–water partition coefficient (Wildman–Crippen LogP) is 4.55. The molecule has 0 saturated heterocycles. The average Bonchev–Trinajstić information content (AvgIpc) is 2.67. The van der Waals surface area contributed by atoms with Gasteiger partial charge >= 0.3 is 0 Å². The van der Waals surface area contributed by atoms with Gasteiger partial charge in [0, 0.05) is 16.6 Å². The topological polar surface area (TPSA) is 49.3 Å². The number of aliphatic hydroxyl groups is 1. The lowest BCUT2D eigenvalue weighted by atomic mass is 9.85.